The summed E-state index contributed by atoms with van der Waals surface area (Å²) in [5.41, 5.74) is 3.72. The minimum Gasteiger partial charge on any atom is -0.298 e. The number of carbonyl (C=O) groups is 1. The van der Waals surface area contributed by atoms with Crippen molar-refractivity contribution < 1.29 is 4.79 Å². The van der Waals surface area contributed by atoms with Gasteiger partial charge in [-0.05, 0) is 39.7 Å². The van der Waals surface area contributed by atoms with Gasteiger partial charge in [-0.15, -0.1) is 0 Å². The normalized spacial score (nSPS) is 10.4. The molecule has 0 aliphatic heterocycles. The molecule has 0 bridgehead atoms. The zero-order valence-electron chi connectivity index (χ0n) is 10.5. The lowest BCUT2D eigenvalue weighted by Crippen LogP contribution is -1.95. The molecule has 20 heavy (non-hydrogen) atoms. The Balaban J connectivity index is 1.98. The van der Waals surface area contributed by atoms with E-state index in [9.17, 15) is 4.79 Å². The fourth-order valence-electron chi connectivity index (χ4n) is 2.00. The third kappa shape index (κ3) is 2.42. The number of benzene rings is 2. The van der Waals surface area contributed by atoms with Crippen molar-refractivity contribution in [3.05, 3.63) is 71.0 Å². The van der Waals surface area contributed by atoms with Crippen LogP contribution >= 0.6 is 15.9 Å². The van der Waals surface area contributed by atoms with Crippen LogP contribution in [0.2, 0.25) is 0 Å². The first-order chi connectivity index (χ1) is 9.78. The predicted octanol–water partition coefficient (Wildman–Crippen LogP) is 4.11. The Morgan fingerprint density at radius 3 is 2.55 bits per heavy atom. The number of aromatic nitrogens is 2. The van der Waals surface area contributed by atoms with E-state index >= 15 is 0 Å². The molecule has 3 nitrogen and oxygen atoms in total. The Hall–Kier alpha value is -2.20. The maximum Gasteiger partial charge on any atom is 0.151 e. The van der Waals surface area contributed by atoms with E-state index < -0.39 is 0 Å². The molecule has 4 heteroatoms. The maximum atomic E-state index is 10.8. The summed E-state index contributed by atoms with van der Waals surface area (Å²) in [5.74, 6) is 0. The summed E-state index contributed by atoms with van der Waals surface area (Å²) >= 11 is 3.38. The SMILES string of the molecule is O=Cc1ccc(-n2cc(-c3ccccc3)cn2)cc1Br. The van der Waals surface area contributed by atoms with Crippen LogP contribution in [0.4, 0.5) is 0 Å². The van der Waals surface area contributed by atoms with E-state index in [4.69, 9.17) is 0 Å². The van der Waals surface area contributed by atoms with E-state index in [1.165, 1.54) is 0 Å². The summed E-state index contributed by atoms with van der Waals surface area (Å²) in [6, 6.07) is 15.6. The lowest BCUT2D eigenvalue weighted by molar-refractivity contribution is 0.112. The Bertz CT molecular complexity index is 750. The van der Waals surface area contributed by atoms with Crippen molar-refractivity contribution >= 4 is 22.2 Å². The van der Waals surface area contributed by atoms with Gasteiger partial charge in [0.2, 0.25) is 0 Å². The van der Waals surface area contributed by atoms with E-state index in [-0.39, 0.29) is 0 Å². The zero-order chi connectivity index (χ0) is 13.9. The zero-order valence-corrected chi connectivity index (χ0v) is 12.1. The quantitative estimate of drug-likeness (QED) is 0.679. The minimum atomic E-state index is 0.629. The van der Waals surface area contributed by atoms with Crippen LogP contribution in [0.3, 0.4) is 0 Å². The van der Waals surface area contributed by atoms with E-state index in [0.717, 1.165) is 27.6 Å². The number of aldehydes is 1. The molecule has 1 aromatic heterocycles. The fourth-order valence-corrected chi connectivity index (χ4v) is 2.46. The molecule has 0 saturated heterocycles. The van der Waals surface area contributed by atoms with Crippen molar-refractivity contribution in [2.75, 3.05) is 0 Å². The first-order valence-corrected chi connectivity index (χ1v) is 6.92. The Morgan fingerprint density at radius 1 is 1.05 bits per heavy atom. The van der Waals surface area contributed by atoms with Gasteiger partial charge in [0.05, 0.1) is 11.9 Å². The van der Waals surface area contributed by atoms with Crippen molar-refractivity contribution in [1.29, 1.82) is 0 Å². The van der Waals surface area contributed by atoms with Gasteiger partial charge in [0, 0.05) is 21.8 Å². The highest BCUT2D eigenvalue weighted by Crippen LogP contribution is 2.22. The monoisotopic (exact) mass is 326 g/mol. The molecular weight excluding hydrogens is 316 g/mol. The number of nitrogens with zero attached hydrogens (tertiary/aromatic N) is 2. The van der Waals surface area contributed by atoms with Crippen LogP contribution in [0.1, 0.15) is 10.4 Å². The molecule has 0 aliphatic carbocycles. The van der Waals surface area contributed by atoms with Crippen molar-refractivity contribution in [2.24, 2.45) is 0 Å². The maximum absolute atomic E-state index is 10.8. The number of halogens is 1. The van der Waals surface area contributed by atoms with Crippen LogP contribution < -0.4 is 0 Å². The standard InChI is InChI=1S/C16H11BrN2O/c17-16-8-15(7-6-13(16)11-20)19-10-14(9-18-19)12-4-2-1-3-5-12/h1-11H. The van der Waals surface area contributed by atoms with Crippen LogP contribution in [0.5, 0.6) is 0 Å². The molecule has 0 atom stereocenters. The topological polar surface area (TPSA) is 34.9 Å². The second-order valence-corrected chi connectivity index (χ2v) is 5.22. The number of hydrogen-bond donors (Lipinski definition) is 0. The van der Waals surface area contributed by atoms with Crippen molar-refractivity contribution in [2.45, 2.75) is 0 Å². The van der Waals surface area contributed by atoms with Gasteiger partial charge in [0.15, 0.2) is 6.29 Å². The summed E-state index contributed by atoms with van der Waals surface area (Å²) in [4.78, 5) is 10.8. The van der Waals surface area contributed by atoms with Crippen molar-refractivity contribution in [3.63, 3.8) is 0 Å². The van der Waals surface area contributed by atoms with Gasteiger partial charge in [-0.3, -0.25) is 4.79 Å². The Kier molecular flexibility index (Phi) is 3.48. The van der Waals surface area contributed by atoms with Crippen LogP contribution in [0.15, 0.2) is 65.4 Å². The fraction of sp³-hybridized carbons (Fsp3) is 0. The van der Waals surface area contributed by atoms with Crippen LogP contribution in [0.25, 0.3) is 16.8 Å². The van der Waals surface area contributed by atoms with Gasteiger partial charge in [0.25, 0.3) is 0 Å². The third-order valence-electron chi connectivity index (χ3n) is 3.07. The molecule has 0 radical (unpaired) electrons. The molecule has 0 saturated carbocycles. The van der Waals surface area contributed by atoms with Gasteiger partial charge >= 0.3 is 0 Å². The first kappa shape index (κ1) is 12.8. The Labute approximate surface area is 125 Å². The Morgan fingerprint density at radius 2 is 1.85 bits per heavy atom. The smallest absolute Gasteiger partial charge is 0.151 e. The highest BCUT2D eigenvalue weighted by atomic mass is 79.9. The molecular formula is C16H11BrN2O. The average Bonchev–Trinajstić information content (AvgIpc) is 2.98. The molecule has 98 valence electrons. The highest BCUT2D eigenvalue weighted by Gasteiger charge is 2.05. The number of rotatable bonds is 3. The van der Waals surface area contributed by atoms with Gasteiger partial charge in [0.1, 0.15) is 0 Å². The summed E-state index contributed by atoms with van der Waals surface area (Å²) < 4.78 is 2.56. The number of carbonyl (C=O) groups excluding carboxylic acids is 1. The van der Waals surface area contributed by atoms with Crippen molar-refractivity contribution in [3.8, 4) is 16.8 Å². The summed E-state index contributed by atoms with van der Waals surface area (Å²) in [7, 11) is 0. The molecule has 1 heterocycles. The van der Waals surface area contributed by atoms with E-state index in [1.54, 1.807) is 10.7 Å². The number of hydrogen-bond acceptors (Lipinski definition) is 2. The molecule has 3 rings (SSSR count). The minimum absolute atomic E-state index is 0.629. The van der Waals surface area contributed by atoms with Crippen LogP contribution in [0, 0.1) is 0 Å². The highest BCUT2D eigenvalue weighted by molar-refractivity contribution is 9.10. The molecule has 2 aromatic carbocycles. The van der Waals surface area contributed by atoms with Crippen LogP contribution in [-0.2, 0) is 0 Å². The molecule has 0 spiro atoms. The van der Waals surface area contributed by atoms with Crippen molar-refractivity contribution in [1.82, 2.24) is 9.78 Å². The second kappa shape index (κ2) is 5.43. The average molecular weight is 327 g/mol. The molecule has 0 N–H and O–H groups in total. The molecule has 0 amide bonds. The lowest BCUT2D eigenvalue weighted by atomic mass is 10.1. The molecule has 3 aromatic rings. The second-order valence-electron chi connectivity index (χ2n) is 4.36. The molecule has 0 unspecified atom stereocenters. The van der Waals surface area contributed by atoms with Gasteiger partial charge in [-0.25, -0.2) is 4.68 Å². The summed E-state index contributed by atoms with van der Waals surface area (Å²) in [6.45, 7) is 0. The third-order valence-corrected chi connectivity index (χ3v) is 3.75. The van der Waals surface area contributed by atoms with Gasteiger partial charge in [-0.1, -0.05) is 30.3 Å². The first-order valence-electron chi connectivity index (χ1n) is 6.13. The van der Waals surface area contributed by atoms with Gasteiger partial charge < -0.3 is 0 Å². The lowest BCUT2D eigenvalue weighted by Gasteiger charge is -2.03. The van der Waals surface area contributed by atoms with Crippen LogP contribution in [-0.4, -0.2) is 16.1 Å². The largest absolute Gasteiger partial charge is 0.298 e. The predicted molar refractivity (Wildman–Crippen MR) is 82.1 cm³/mol. The molecule has 0 aliphatic rings. The van der Waals surface area contributed by atoms with E-state index in [1.807, 2.05) is 54.9 Å². The van der Waals surface area contributed by atoms with E-state index in [0.29, 0.717) is 5.56 Å². The summed E-state index contributed by atoms with van der Waals surface area (Å²) in [5, 5.41) is 4.37. The van der Waals surface area contributed by atoms with Gasteiger partial charge in [-0.2, -0.15) is 5.10 Å². The summed E-state index contributed by atoms with van der Waals surface area (Å²) in [6.07, 6.45) is 4.63. The molecule has 0 fully saturated rings. The van der Waals surface area contributed by atoms with E-state index in [2.05, 4.69) is 21.0 Å².